The zero-order valence-corrected chi connectivity index (χ0v) is 23.9. The molecule has 195 valence electrons. The number of aromatic nitrogens is 1. The van der Waals surface area contributed by atoms with Crippen molar-refractivity contribution < 1.29 is 0 Å². The van der Waals surface area contributed by atoms with Crippen molar-refractivity contribution in [3.8, 4) is 0 Å². The Hall–Kier alpha value is -4.74. The smallest absolute Gasteiger partial charge is 0.395 e. The second-order valence-corrected chi connectivity index (χ2v) is 11.6. The van der Waals surface area contributed by atoms with Gasteiger partial charge in [-0.15, -0.1) is 0 Å². The lowest BCUT2D eigenvalue weighted by molar-refractivity contribution is 1.19. The van der Waals surface area contributed by atoms with Gasteiger partial charge in [0.15, 0.2) is 23.3 Å². The average molecular weight is 575 g/mol. The first-order chi connectivity index (χ1) is 20.8. The van der Waals surface area contributed by atoms with Crippen LogP contribution < -0.4 is 0 Å². The lowest BCUT2D eigenvalue weighted by Gasteiger charge is -2.06. The minimum absolute atomic E-state index is 0.574. The highest BCUT2D eigenvalue weighted by Gasteiger charge is 2.30. The van der Waals surface area contributed by atoms with Gasteiger partial charge in [-0.05, 0) is 0 Å². The first-order valence-corrected chi connectivity index (χ1v) is 15.9. The maximum Gasteiger partial charge on any atom is 0.526 e. The van der Waals surface area contributed by atoms with Crippen LogP contribution in [0.3, 0.4) is 0 Å². The molecule has 42 heavy (non-hydrogen) atoms. The van der Waals surface area contributed by atoms with Crippen molar-refractivity contribution in [2.45, 2.75) is 6.42 Å². The van der Waals surface area contributed by atoms with Crippen molar-refractivity contribution in [3.63, 3.8) is 0 Å². The van der Waals surface area contributed by atoms with Crippen LogP contribution in [0, 0.1) is 0 Å². The lowest BCUT2D eigenvalue weighted by atomic mass is 10.1. The van der Waals surface area contributed by atoms with E-state index in [1.54, 1.807) is 0 Å². The van der Waals surface area contributed by atoms with Gasteiger partial charge in [0.25, 0.3) is 0 Å². The SMILES string of the molecule is [Cl][Al][n]1c2c3ccccc3c1N=C1N=C(N=C3CC(=NC4=NC(=N2)c2ccccc24)c2ccccc23)c2ccccc21. The molecule has 9 rings (SSSR count). The van der Waals surface area contributed by atoms with Crippen LogP contribution in [0.25, 0.3) is 10.8 Å². The fourth-order valence-corrected chi connectivity index (χ4v) is 7.21. The van der Waals surface area contributed by atoms with E-state index in [-0.39, 0.29) is 0 Å². The zero-order valence-electron chi connectivity index (χ0n) is 22.0. The molecule has 0 spiro atoms. The van der Waals surface area contributed by atoms with Crippen LogP contribution >= 0.6 is 10.0 Å². The molecule has 0 N–H and O–H groups in total. The fourth-order valence-electron chi connectivity index (χ4n) is 6.07. The molecular weight excluding hydrogens is 557 g/mol. The number of halogens is 1. The van der Waals surface area contributed by atoms with Crippen molar-refractivity contribution in [1.29, 1.82) is 0 Å². The molecule has 4 aromatic carbocycles. The number of nitrogens with zero attached hydrogens (tertiary/aromatic N) is 7. The maximum atomic E-state index is 6.71. The molecule has 4 heterocycles. The third kappa shape index (κ3) is 3.47. The highest BCUT2D eigenvalue weighted by Crippen LogP contribution is 2.40. The lowest BCUT2D eigenvalue weighted by Crippen LogP contribution is -2.04. The van der Waals surface area contributed by atoms with Crippen molar-refractivity contribution in [3.05, 3.63) is 130 Å². The van der Waals surface area contributed by atoms with Gasteiger partial charge in [-0.2, -0.15) is 0 Å². The van der Waals surface area contributed by atoms with Crippen molar-refractivity contribution in [2.75, 3.05) is 0 Å². The van der Waals surface area contributed by atoms with Gasteiger partial charge in [0.2, 0.25) is 0 Å². The Labute approximate surface area is 251 Å². The largest absolute Gasteiger partial charge is 0.526 e. The Morgan fingerprint density at radius 3 is 1.21 bits per heavy atom. The topological polar surface area (TPSA) is 79.1 Å². The number of benzene rings is 4. The van der Waals surface area contributed by atoms with E-state index in [0.717, 1.165) is 67.2 Å². The van der Waals surface area contributed by atoms with Gasteiger partial charge in [0, 0.05) is 50.6 Å². The van der Waals surface area contributed by atoms with E-state index in [4.69, 9.17) is 40.0 Å². The van der Waals surface area contributed by atoms with Crippen LogP contribution in [-0.4, -0.2) is 52.8 Å². The molecule has 3 aliphatic heterocycles. The molecule has 1 aromatic heterocycles. The van der Waals surface area contributed by atoms with Gasteiger partial charge in [0.1, 0.15) is 11.6 Å². The molecular formula is C33H18AlClN7. The van der Waals surface area contributed by atoms with E-state index in [2.05, 4.69) is 36.4 Å². The molecule has 1 aliphatic carbocycles. The number of fused-ring (bicyclic) bond motifs is 18. The van der Waals surface area contributed by atoms with Crippen LogP contribution in [0.15, 0.2) is 127 Å². The Morgan fingerprint density at radius 2 is 0.810 bits per heavy atom. The quantitative estimate of drug-likeness (QED) is 0.201. The predicted molar refractivity (Wildman–Crippen MR) is 171 cm³/mol. The van der Waals surface area contributed by atoms with E-state index < -0.39 is 14.5 Å². The molecule has 0 fully saturated rings. The number of amidine groups is 4. The second kappa shape index (κ2) is 9.13. The fraction of sp³-hybridized carbons (Fsp3) is 0.0303. The standard InChI is InChI=1S/C33H18N7.Al.ClH/c1-2-10-19-18(9-1)26-17-27(19)35-29-21-12-4-6-14-23(21)31(37-29)39-33-25-16-8-7-15-24(25)32(40-33)38-30-22-13-5-3-11-20(22)28(34-26)36-30;;/h1-16H,17H2;;1H/q-1;+2;/p-1. The second-order valence-electron chi connectivity index (χ2n) is 10.3. The summed E-state index contributed by atoms with van der Waals surface area (Å²) in [5.41, 5.74) is 7.75. The van der Waals surface area contributed by atoms with Crippen LogP contribution in [0.4, 0.5) is 11.6 Å². The minimum atomic E-state index is -0.719. The van der Waals surface area contributed by atoms with Crippen LogP contribution in [-0.2, 0) is 0 Å². The first-order valence-electron chi connectivity index (χ1n) is 13.6. The first kappa shape index (κ1) is 23.9. The molecule has 9 heteroatoms. The summed E-state index contributed by atoms with van der Waals surface area (Å²) < 4.78 is 2.00. The maximum absolute atomic E-state index is 6.71. The molecule has 8 bridgehead atoms. The van der Waals surface area contributed by atoms with Crippen LogP contribution in [0.5, 0.6) is 0 Å². The summed E-state index contributed by atoms with van der Waals surface area (Å²) in [5, 5.41) is 1.91. The summed E-state index contributed by atoms with van der Waals surface area (Å²) in [6.45, 7) is 0. The molecule has 0 unspecified atom stereocenters. The summed E-state index contributed by atoms with van der Waals surface area (Å²) in [7, 11) is 6.71. The summed E-state index contributed by atoms with van der Waals surface area (Å²) in [6, 6.07) is 32.6. The van der Waals surface area contributed by atoms with Gasteiger partial charge in [-0.1, -0.05) is 97.1 Å². The van der Waals surface area contributed by atoms with E-state index in [0.29, 0.717) is 29.8 Å². The summed E-state index contributed by atoms with van der Waals surface area (Å²) in [5.74, 6) is 3.96. The number of rotatable bonds is 1. The van der Waals surface area contributed by atoms with Crippen LogP contribution in [0.1, 0.15) is 39.8 Å². The summed E-state index contributed by atoms with van der Waals surface area (Å²) in [6.07, 6.45) is 0.574. The number of aliphatic imine (C=N–C) groups is 6. The Kier molecular flexibility index (Phi) is 5.20. The highest BCUT2D eigenvalue weighted by atomic mass is 35.6. The minimum Gasteiger partial charge on any atom is -0.395 e. The van der Waals surface area contributed by atoms with Crippen molar-refractivity contribution in [1.82, 2.24) is 3.55 Å². The monoisotopic (exact) mass is 574 g/mol. The van der Waals surface area contributed by atoms with Crippen molar-refractivity contribution >= 4 is 81.7 Å². The number of hydrogen-bond donors (Lipinski definition) is 0. The Morgan fingerprint density at radius 1 is 0.452 bits per heavy atom. The molecule has 0 atom stereocenters. The summed E-state index contributed by atoms with van der Waals surface area (Å²) in [4.78, 5) is 30.6. The Balaban J connectivity index is 1.41. The molecule has 4 aliphatic rings. The van der Waals surface area contributed by atoms with Gasteiger partial charge in [-0.25, -0.2) is 40.0 Å². The van der Waals surface area contributed by atoms with Crippen molar-refractivity contribution in [2.24, 2.45) is 30.0 Å². The third-order valence-electron chi connectivity index (χ3n) is 7.99. The highest BCUT2D eigenvalue weighted by molar-refractivity contribution is 6.93. The van der Waals surface area contributed by atoms with E-state index in [1.165, 1.54) is 0 Å². The summed E-state index contributed by atoms with van der Waals surface area (Å²) >= 11 is -0.719. The molecule has 5 aromatic rings. The Bertz CT molecular complexity index is 2070. The number of hydrogen-bond acceptors (Lipinski definition) is 6. The van der Waals surface area contributed by atoms with Gasteiger partial charge < -0.3 is 3.55 Å². The van der Waals surface area contributed by atoms with E-state index in [1.807, 2.05) is 64.2 Å². The van der Waals surface area contributed by atoms with Gasteiger partial charge >= 0.3 is 14.5 Å². The normalized spacial score (nSPS) is 16.0. The molecule has 7 nitrogen and oxygen atoms in total. The van der Waals surface area contributed by atoms with E-state index in [9.17, 15) is 0 Å². The third-order valence-corrected chi connectivity index (χ3v) is 9.26. The van der Waals surface area contributed by atoms with E-state index >= 15 is 0 Å². The molecule has 0 saturated heterocycles. The van der Waals surface area contributed by atoms with Gasteiger partial charge in [0.05, 0.1) is 11.4 Å². The average Bonchev–Trinajstić information content (AvgIpc) is 3.75. The predicted octanol–water partition coefficient (Wildman–Crippen LogP) is 6.64. The zero-order chi connectivity index (χ0) is 27.8. The molecule has 0 saturated carbocycles. The van der Waals surface area contributed by atoms with Gasteiger partial charge in [-0.3, -0.25) is 0 Å². The van der Waals surface area contributed by atoms with Crippen LogP contribution in [0.2, 0.25) is 0 Å². The molecule has 1 radical (unpaired) electrons. The molecule has 0 amide bonds.